The number of anilines is 1. The molecule has 0 saturated heterocycles. The minimum atomic E-state index is -5.02. The molecule has 0 fully saturated rings. The Morgan fingerprint density at radius 3 is 2.35 bits per heavy atom. The summed E-state index contributed by atoms with van der Waals surface area (Å²) in [6.45, 7) is 3.74. The number of halogens is 4. The van der Waals surface area contributed by atoms with Gasteiger partial charge in [0.1, 0.15) is 16.6 Å². The highest BCUT2D eigenvalue weighted by atomic mass is 32.2. The molecule has 0 radical (unpaired) electrons. The third-order valence-corrected chi connectivity index (χ3v) is 6.34. The highest BCUT2D eigenvalue weighted by molar-refractivity contribution is 7.87. The summed E-state index contributed by atoms with van der Waals surface area (Å²) in [5.41, 5.74) is -1.65. The van der Waals surface area contributed by atoms with Crippen molar-refractivity contribution in [2.24, 2.45) is 0 Å². The van der Waals surface area contributed by atoms with Crippen LogP contribution < -0.4 is 10.1 Å². The van der Waals surface area contributed by atoms with E-state index in [4.69, 9.17) is 4.74 Å². The van der Waals surface area contributed by atoms with Gasteiger partial charge in [-0.1, -0.05) is 0 Å². The van der Waals surface area contributed by atoms with Crippen LogP contribution in [-0.4, -0.2) is 34.3 Å². The van der Waals surface area contributed by atoms with E-state index in [2.05, 4.69) is 10.1 Å². The molecule has 13 heteroatoms. The van der Waals surface area contributed by atoms with E-state index >= 15 is 0 Å². The van der Waals surface area contributed by atoms with Gasteiger partial charge in [0.15, 0.2) is 11.9 Å². The summed E-state index contributed by atoms with van der Waals surface area (Å²) in [5.74, 6) is -3.53. The van der Waals surface area contributed by atoms with Crippen LogP contribution in [0.3, 0.4) is 0 Å². The summed E-state index contributed by atoms with van der Waals surface area (Å²) in [7, 11) is -2.21. The summed E-state index contributed by atoms with van der Waals surface area (Å²) in [6, 6.07) is 3.22. The zero-order valence-electron chi connectivity index (χ0n) is 16.2. The standard InChI is InChI=1S/C18H15F4NO6S2/c1-9(25)28-17(2,3)16(26)23-15-10(8-24)6-14(30-15)31(27)13-5-4-11(7-12(13)19)29-18(20,21)22/h4-8H,1-3H3,(H,23,26). The maximum Gasteiger partial charge on any atom is 0.573 e. The predicted molar refractivity (Wildman–Crippen MR) is 102 cm³/mol. The number of carbonyl (C=O) groups excluding carboxylic acids is 3. The van der Waals surface area contributed by atoms with Crippen LogP contribution in [0.2, 0.25) is 0 Å². The lowest BCUT2D eigenvalue weighted by Crippen LogP contribution is -2.41. The number of alkyl halides is 3. The van der Waals surface area contributed by atoms with Crippen LogP contribution in [0.1, 0.15) is 31.1 Å². The van der Waals surface area contributed by atoms with Gasteiger partial charge in [0, 0.05) is 13.0 Å². The van der Waals surface area contributed by atoms with E-state index in [1.165, 1.54) is 13.8 Å². The Kier molecular flexibility index (Phi) is 7.21. The fraction of sp³-hybridized carbons (Fsp3) is 0.278. The topological polar surface area (TPSA) is 98.8 Å². The van der Waals surface area contributed by atoms with E-state index < -0.39 is 51.1 Å². The van der Waals surface area contributed by atoms with E-state index in [0.717, 1.165) is 25.1 Å². The molecule has 2 aromatic rings. The van der Waals surface area contributed by atoms with Gasteiger partial charge in [-0.25, -0.2) is 8.60 Å². The number of aldehydes is 1. The van der Waals surface area contributed by atoms with Crippen LogP contribution in [0.15, 0.2) is 33.4 Å². The zero-order valence-corrected chi connectivity index (χ0v) is 17.8. The molecule has 0 spiro atoms. The summed E-state index contributed by atoms with van der Waals surface area (Å²) in [6.07, 6.45) is -4.66. The van der Waals surface area contributed by atoms with Crippen molar-refractivity contribution in [1.82, 2.24) is 0 Å². The van der Waals surface area contributed by atoms with Gasteiger partial charge >= 0.3 is 12.3 Å². The average molecular weight is 481 g/mol. The number of hydrogen-bond acceptors (Lipinski definition) is 7. The monoisotopic (exact) mass is 481 g/mol. The summed E-state index contributed by atoms with van der Waals surface area (Å²) < 4.78 is 72.1. The smallest absolute Gasteiger partial charge is 0.450 e. The van der Waals surface area contributed by atoms with Crippen molar-refractivity contribution in [3.63, 3.8) is 0 Å². The van der Waals surface area contributed by atoms with Crippen molar-refractivity contribution in [2.45, 2.75) is 41.8 Å². The second-order valence-electron chi connectivity index (χ2n) is 6.43. The van der Waals surface area contributed by atoms with Crippen molar-refractivity contribution in [2.75, 3.05) is 5.32 Å². The lowest BCUT2D eigenvalue weighted by Gasteiger charge is -2.22. The second kappa shape index (κ2) is 9.14. The molecule has 31 heavy (non-hydrogen) atoms. The van der Waals surface area contributed by atoms with Gasteiger partial charge in [-0.15, -0.1) is 24.5 Å². The molecule has 1 heterocycles. The molecule has 7 nitrogen and oxygen atoms in total. The van der Waals surface area contributed by atoms with Crippen LogP contribution in [0.5, 0.6) is 5.75 Å². The first-order chi connectivity index (χ1) is 14.2. The van der Waals surface area contributed by atoms with Gasteiger partial charge in [0.2, 0.25) is 0 Å². The average Bonchev–Trinajstić information content (AvgIpc) is 3.01. The van der Waals surface area contributed by atoms with Crippen molar-refractivity contribution >= 4 is 45.3 Å². The molecule has 168 valence electrons. The molecular weight excluding hydrogens is 466 g/mol. The molecule has 0 aliphatic rings. The molecule has 1 N–H and O–H groups in total. The van der Waals surface area contributed by atoms with E-state index in [9.17, 15) is 36.2 Å². The molecule has 0 bridgehead atoms. The maximum atomic E-state index is 14.2. The summed E-state index contributed by atoms with van der Waals surface area (Å²) >= 11 is 0.692. The summed E-state index contributed by atoms with van der Waals surface area (Å²) in [5, 5.41) is 2.35. The molecule has 0 aliphatic heterocycles. The third-order valence-electron chi connectivity index (χ3n) is 3.56. The van der Waals surface area contributed by atoms with E-state index in [1.807, 2.05) is 0 Å². The first-order valence-corrected chi connectivity index (χ1v) is 10.3. The van der Waals surface area contributed by atoms with E-state index in [1.54, 1.807) is 0 Å². The predicted octanol–water partition coefficient (Wildman–Crippen LogP) is 4.05. The molecule has 0 saturated carbocycles. The molecule has 2 rings (SSSR count). The summed E-state index contributed by atoms with van der Waals surface area (Å²) in [4.78, 5) is 34.3. The highest BCUT2D eigenvalue weighted by Gasteiger charge is 2.33. The number of benzene rings is 1. The Hall–Kier alpha value is -2.80. The quantitative estimate of drug-likeness (QED) is 0.364. The number of esters is 1. The molecule has 0 aliphatic carbocycles. The normalized spacial score (nSPS) is 12.7. The molecule has 1 aromatic heterocycles. The minimum Gasteiger partial charge on any atom is -0.450 e. The Labute approximate surface area is 179 Å². The van der Waals surface area contributed by atoms with Gasteiger partial charge < -0.3 is 14.8 Å². The Morgan fingerprint density at radius 2 is 1.84 bits per heavy atom. The number of ether oxygens (including phenoxy) is 2. The van der Waals surface area contributed by atoms with E-state index in [0.29, 0.717) is 23.7 Å². The Bertz CT molecular complexity index is 1050. The SMILES string of the molecule is CC(=O)OC(C)(C)C(=O)Nc1sc(S(=O)c2ccc(OC(F)(F)F)cc2F)cc1C=O. The van der Waals surface area contributed by atoms with Crippen molar-refractivity contribution in [1.29, 1.82) is 0 Å². The third kappa shape index (κ3) is 6.34. The Balaban J connectivity index is 2.29. The van der Waals surface area contributed by atoms with Crippen LogP contribution in [0.4, 0.5) is 22.6 Å². The van der Waals surface area contributed by atoms with Gasteiger partial charge in [-0.05, 0) is 32.0 Å². The number of thiophene rings is 1. The lowest BCUT2D eigenvalue weighted by molar-refractivity contribution is -0.274. The molecular formula is C18H15F4NO6S2. The first-order valence-electron chi connectivity index (χ1n) is 8.30. The lowest BCUT2D eigenvalue weighted by atomic mass is 10.1. The number of hydrogen-bond donors (Lipinski definition) is 1. The van der Waals surface area contributed by atoms with Crippen LogP contribution in [0, 0.1) is 5.82 Å². The number of nitrogens with one attached hydrogen (secondary N) is 1. The Morgan fingerprint density at radius 1 is 1.19 bits per heavy atom. The van der Waals surface area contributed by atoms with Gasteiger partial charge in [0.25, 0.3) is 5.91 Å². The molecule has 1 amide bonds. The van der Waals surface area contributed by atoms with Crippen molar-refractivity contribution < 1.29 is 45.6 Å². The second-order valence-corrected chi connectivity index (χ2v) is 9.16. The van der Waals surface area contributed by atoms with Crippen molar-refractivity contribution in [3.8, 4) is 5.75 Å². The number of amides is 1. The fourth-order valence-corrected chi connectivity index (χ4v) is 4.71. The molecule has 1 unspecified atom stereocenters. The number of carbonyl (C=O) groups is 3. The molecule has 1 atom stereocenters. The first kappa shape index (κ1) is 24.5. The number of rotatable bonds is 7. The van der Waals surface area contributed by atoms with E-state index in [-0.39, 0.29) is 14.8 Å². The van der Waals surface area contributed by atoms with Crippen LogP contribution >= 0.6 is 11.3 Å². The van der Waals surface area contributed by atoms with Crippen LogP contribution in [-0.2, 0) is 25.1 Å². The van der Waals surface area contributed by atoms with Crippen LogP contribution in [0.25, 0.3) is 0 Å². The zero-order chi connectivity index (χ0) is 23.6. The van der Waals surface area contributed by atoms with Crippen molar-refractivity contribution in [3.05, 3.63) is 35.6 Å². The maximum absolute atomic E-state index is 14.2. The van der Waals surface area contributed by atoms with Gasteiger partial charge in [-0.3, -0.25) is 14.4 Å². The fourth-order valence-electron chi connectivity index (χ4n) is 2.25. The van der Waals surface area contributed by atoms with Gasteiger partial charge in [-0.2, -0.15) is 0 Å². The highest BCUT2D eigenvalue weighted by Crippen LogP contribution is 2.34. The minimum absolute atomic E-state index is 0.0268. The largest absolute Gasteiger partial charge is 0.573 e. The van der Waals surface area contributed by atoms with Gasteiger partial charge in [0.05, 0.1) is 25.5 Å². The molecule has 1 aromatic carbocycles.